The van der Waals surface area contributed by atoms with Crippen LogP contribution in [0.4, 0.5) is 0 Å². The molecule has 1 aromatic heterocycles. The number of hydrogen-bond donors (Lipinski definition) is 2. The first-order valence-corrected chi connectivity index (χ1v) is 5.91. The van der Waals surface area contributed by atoms with Gasteiger partial charge >= 0.3 is 0 Å². The molecule has 0 fully saturated rings. The Labute approximate surface area is 101 Å². The minimum atomic E-state index is -0.546. The highest BCUT2D eigenvalue weighted by Gasteiger charge is 2.31. The summed E-state index contributed by atoms with van der Waals surface area (Å²) in [6.07, 6.45) is 1.15. The van der Waals surface area contributed by atoms with Crippen LogP contribution in [0.15, 0.2) is 4.52 Å². The number of aliphatic hydroxyl groups excluding tert-OH is 1. The highest BCUT2D eigenvalue weighted by Crippen LogP contribution is 2.27. The van der Waals surface area contributed by atoms with Crippen molar-refractivity contribution >= 4 is 0 Å². The first-order chi connectivity index (χ1) is 8.07. The lowest BCUT2D eigenvalue weighted by atomic mass is 10.0. The molecule has 0 aliphatic heterocycles. The molecule has 17 heavy (non-hydrogen) atoms. The first kappa shape index (κ1) is 14.1. The zero-order chi connectivity index (χ0) is 12.9. The van der Waals surface area contributed by atoms with Crippen LogP contribution in [0, 0.1) is 0 Å². The Bertz CT molecular complexity index is 342. The summed E-state index contributed by atoms with van der Waals surface area (Å²) in [4.78, 5) is 4.25. The van der Waals surface area contributed by atoms with Crippen LogP contribution in [-0.4, -0.2) is 28.5 Å². The second-order valence-corrected chi connectivity index (χ2v) is 4.09. The van der Waals surface area contributed by atoms with Gasteiger partial charge in [0.1, 0.15) is 5.60 Å². The molecule has 1 heterocycles. The average Bonchev–Trinajstić information content (AvgIpc) is 2.79. The van der Waals surface area contributed by atoms with E-state index in [0.29, 0.717) is 24.7 Å². The normalized spacial score (nSPS) is 16.8. The van der Waals surface area contributed by atoms with Crippen molar-refractivity contribution in [2.24, 2.45) is 5.73 Å². The molecular formula is C11H21N3O3. The molecule has 0 saturated heterocycles. The summed E-state index contributed by atoms with van der Waals surface area (Å²) >= 11 is 0. The summed E-state index contributed by atoms with van der Waals surface area (Å²) < 4.78 is 10.7. The van der Waals surface area contributed by atoms with Crippen molar-refractivity contribution in [2.75, 3.05) is 13.2 Å². The standard InChI is InChI=1S/C11H21N3O3/c1-4-11(3,16-5-2)10-13-9(17-14-10)8(12)6-7-15/h8,15H,4-7,12H2,1-3H3. The number of nitrogens with two attached hydrogens (primary N) is 1. The summed E-state index contributed by atoms with van der Waals surface area (Å²) in [5, 5.41) is 12.7. The van der Waals surface area contributed by atoms with Crippen molar-refractivity contribution in [1.29, 1.82) is 0 Å². The zero-order valence-corrected chi connectivity index (χ0v) is 10.6. The molecule has 0 spiro atoms. The van der Waals surface area contributed by atoms with Gasteiger partial charge in [0.05, 0.1) is 6.04 Å². The number of aliphatic hydroxyl groups is 1. The average molecular weight is 243 g/mol. The van der Waals surface area contributed by atoms with Crippen LogP contribution in [0.25, 0.3) is 0 Å². The summed E-state index contributed by atoms with van der Waals surface area (Å²) in [5.74, 6) is 0.846. The van der Waals surface area contributed by atoms with Gasteiger partial charge in [0.2, 0.25) is 11.7 Å². The fourth-order valence-electron chi connectivity index (χ4n) is 1.51. The molecule has 6 nitrogen and oxygen atoms in total. The van der Waals surface area contributed by atoms with E-state index >= 15 is 0 Å². The van der Waals surface area contributed by atoms with Crippen LogP contribution in [0.2, 0.25) is 0 Å². The van der Waals surface area contributed by atoms with E-state index in [0.717, 1.165) is 6.42 Å². The molecule has 0 aliphatic rings. The molecular weight excluding hydrogens is 222 g/mol. The van der Waals surface area contributed by atoms with Gasteiger partial charge in [-0.05, 0) is 26.7 Å². The predicted molar refractivity (Wildman–Crippen MR) is 62.2 cm³/mol. The van der Waals surface area contributed by atoms with Gasteiger partial charge in [0.25, 0.3) is 0 Å². The van der Waals surface area contributed by atoms with Crippen LogP contribution in [0.3, 0.4) is 0 Å². The molecule has 0 aliphatic carbocycles. The van der Waals surface area contributed by atoms with Gasteiger partial charge < -0.3 is 20.1 Å². The van der Waals surface area contributed by atoms with Gasteiger partial charge in [-0.15, -0.1) is 0 Å². The molecule has 0 amide bonds. The molecule has 1 aromatic rings. The van der Waals surface area contributed by atoms with Crippen LogP contribution in [0.5, 0.6) is 0 Å². The molecule has 2 atom stereocenters. The maximum Gasteiger partial charge on any atom is 0.243 e. The van der Waals surface area contributed by atoms with Gasteiger partial charge in [-0.3, -0.25) is 0 Å². The van der Waals surface area contributed by atoms with Crippen LogP contribution in [-0.2, 0) is 10.3 Å². The Hall–Kier alpha value is -0.980. The van der Waals surface area contributed by atoms with Crippen molar-refractivity contribution in [3.63, 3.8) is 0 Å². The number of ether oxygens (including phenoxy) is 1. The van der Waals surface area contributed by atoms with E-state index in [2.05, 4.69) is 10.1 Å². The van der Waals surface area contributed by atoms with E-state index in [-0.39, 0.29) is 6.61 Å². The molecule has 0 aromatic carbocycles. The van der Waals surface area contributed by atoms with E-state index in [9.17, 15) is 0 Å². The lowest BCUT2D eigenvalue weighted by Crippen LogP contribution is -2.26. The first-order valence-electron chi connectivity index (χ1n) is 5.91. The number of aromatic nitrogens is 2. The van der Waals surface area contributed by atoms with E-state index in [1.807, 2.05) is 20.8 Å². The Kier molecular flexibility index (Phi) is 5.04. The monoisotopic (exact) mass is 243 g/mol. The smallest absolute Gasteiger partial charge is 0.243 e. The molecule has 1 rings (SSSR count). The number of rotatable bonds is 7. The minimum Gasteiger partial charge on any atom is -0.396 e. The fraction of sp³-hybridized carbons (Fsp3) is 0.818. The third kappa shape index (κ3) is 3.24. The van der Waals surface area contributed by atoms with E-state index < -0.39 is 11.6 Å². The summed E-state index contributed by atoms with van der Waals surface area (Å²) in [6, 6.07) is -0.427. The van der Waals surface area contributed by atoms with Gasteiger partial charge in [0, 0.05) is 13.2 Å². The molecule has 98 valence electrons. The number of hydrogen-bond acceptors (Lipinski definition) is 6. The molecule has 6 heteroatoms. The van der Waals surface area contributed by atoms with E-state index in [1.165, 1.54) is 0 Å². The molecule has 3 N–H and O–H groups in total. The fourth-order valence-corrected chi connectivity index (χ4v) is 1.51. The highest BCUT2D eigenvalue weighted by atomic mass is 16.5. The summed E-state index contributed by atoms with van der Waals surface area (Å²) in [7, 11) is 0. The van der Waals surface area contributed by atoms with Crippen LogP contribution >= 0.6 is 0 Å². The van der Waals surface area contributed by atoms with Gasteiger partial charge in [0.15, 0.2) is 0 Å². The lowest BCUT2D eigenvalue weighted by molar-refractivity contribution is -0.0403. The topological polar surface area (TPSA) is 94.4 Å². The van der Waals surface area contributed by atoms with Crippen molar-refractivity contribution in [2.45, 2.75) is 45.3 Å². The molecule has 0 radical (unpaired) electrons. The SMILES string of the molecule is CCOC(C)(CC)c1noc(C(N)CCO)n1. The Morgan fingerprint density at radius 3 is 2.76 bits per heavy atom. The Morgan fingerprint density at radius 2 is 2.24 bits per heavy atom. The predicted octanol–water partition coefficient (Wildman–Crippen LogP) is 1.11. The minimum absolute atomic E-state index is 0.00458. The molecule has 0 bridgehead atoms. The van der Waals surface area contributed by atoms with Crippen molar-refractivity contribution < 1.29 is 14.4 Å². The van der Waals surface area contributed by atoms with Gasteiger partial charge in [-0.2, -0.15) is 4.98 Å². The largest absolute Gasteiger partial charge is 0.396 e. The number of nitrogens with zero attached hydrogens (tertiary/aromatic N) is 2. The van der Waals surface area contributed by atoms with Crippen LogP contribution < -0.4 is 5.73 Å². The zero-order valence-electron chi connectivity index (χ0n) is 10.6. The van der Waals surface area contributed by atoms with E-state index in [4.69, 9.17) is 20.1 Å². The van der Waals surface area contributed by atoms with E-state index in [1.54, 1.807) is 0 Å². The maximum atomic E-state index is 8.80. The second-order valence-electron chi connectivity index (χ2n) is 4.09. The Balaban J connectivity index is 2.85. The molecule has 2 unspecified atom stereocenters. The quantitative estimate of drug-likeness (QED) is 0.745. The van der Waals surface area contributed by atoms with Crippen molar-refractivity contribution in [3.8, 4) is 0 Å². The maximum absolute atomic E-state index is 8.80. The van der Waals surface area contributed by atoms with Crippen molar-refractivity contribution in [1.82, 2.24) is 10.1 Å². The second kappa shape index (κ2) is 6.09. The summed E-state index contributed by atoms with van der Waals surface area (Å²) in [6.45, 7) is 6.42. The third-order valence-electron chi connectivity index (χ3n) is 2.81. The summed E-state index contributed by atoms with van der Waals surface area (Å²) in [5.41, 5.74) is 5.23. The van der Waals surface area contributed by atoms with Crippen LogP contribution in [0.1, 0.15) is 51.4 Å². The van der Waals surface area contributed by atoms with Gasteiger partial charge in [-0.1, -0.05) is 12.1 Å². The highest BCUT2D eigenvalue weighted by molar-refractivity contribution is 5.01. The molecule has 0 saturated carbocycles. The van der Waals surface area contributed by atoms with Crippen molar-refractivity contribution in [3.05, 3.63) is 11.7 Å². The lowest BCUT2D eigenvalue weighted by Gasteiger charge is -2.23. The van der Waals surface area contributed by atoms with Gasteiger partial charge in [-0.25, -0.2) is 0 Å². The third-order valence-corrected chi connectivity index (χ3v) is 2.81. The Morgan fingerprint density at radius 1 is 1.53 bits per heavy atom.